The van der Waals surface area contributed by atoms with E-state index < -0.39 is 0 Å². The van der Waals surface area contributed by atoms with Crippen molar-refractivity contribution in [3.63, 3.8) is 0 Å². The number of Topliss-reactive ketones (excluding diaryl/α,β-unsaturated/α-hetero) is 1. The van der Waals surface area contributed by atoms with Gasteiger partial charge in [-0.3, -0.25) is 4.79 Å². The molecule has 0 radical (unpaired) electrons. The molecule has 0 fully saturated rings. The molecule has 0 aliphatic heterocycles. The first-order valence-electron chi connectivity index (χ1n) is 6.51. The van der Waals surface area contributed by atoms with Crippen LogP contribution < -0.4 is 0 Å². The lowest BCUT2D eigenvalue weighted by molar-refractivity contribution is 0.0979. The molecule has 1 aromatic heterocycles. The summed E-state index contributed by atoms with van der Waals surface area (Å²) in [6.45, 7) is 8.09. The van der Waals surface area contributed by atoms with Crippen molar-refractivity contribution < 1.29 is 9.32 Å². The second-order valence-electron chi connectivity index (χ2n) is 5.94. The monoisotopic (exact) mass is 255 g/mol. The van der Waals surface area contributed by atoms with E-state index in [1.807, 2.05) is 26.0 Å². The average Bonchev–Trinajstić information content (AvgIpc) is 2.78. The Labute approximate surface area is 112 Å². The Morgan fingerprint density at radius 1 is 1.26 bits per heavy atom. The first kappa shape index (κ1) is 12.2. The van der Waals surface area contributed by atoms with Crippen LogP contribution in [0.3, 0.4) is 0 Å². The molecule has 0 atom stereocenters. The largest absolute Gasteiger partial charge is 0.361 e. The summed E-state index contributed by atoms with van der Waals surface area (Å²) in [5.74, 6) is 1.06. The van der Waals surface area contributed by atoms with E-state index in [0.29, 0.717) is 6.42 Å². The molecule has 3 heteroatoms. The van der Waals surface area contributed by atoms with Crippen LogP contribution in [-0.2, 0) is 5.41 Å². The van der Waals surface area contributed by atoms with E-state index >= 15 is 0 Å². The van der Waals surface area contributed by atoms with Gasteiger partial charge in [0.05, 0.1) is 5.69 Å². The minimum absolute atomic E-state index is 0.0819. The van der Waals surface area contributed by atoms with E-state index in [9.17, 15) is 4.79 Å². The Morgan fingerprint density at radius 2 is 2.00 bits per heavy atom. The number of aromatic nitrogens is 1. The van der Waals surface area contributed by atoms with Crippen LogP contribution in [0.2, 0.25) is 0 Å². The zero-order valence-corrected chi connectivity index (χ0v) is 11.7. The Bertz CT molecular complexity index is 661. The minimum Gasteiger partial charge on any atom is -0.361 e. The topological polar surface area (TPSA) is 43.1 Å². The van der Waals surface area contributed by atoms with Gasteiger partial charge >= 0.3 is 0 Å². The highest BCUT2D eigenvalue weighted by Crippen LogP contribution is 2.40. The van der Waals surface area contributed by atoms with Gasteiger partial charge < -0.3 is 4.52 Å². The summed E-state index contributed by atoms with van der Waals surface area (Å²) < 4.78 is 5.23. The number of fused-ring (bicyclic) bond motifs is 1. The lowest BCUT2D eigenvalue weighted by atomic mass is 9.85. The van der Waals surface area contributed by atoms with Crippen molar-refractivity contribution in [2.45, 2.75) is 39.5 Å². The Balaban J connectivity index is 2.21. The number of benzene rings is 1. The van der Waals surface area contributed by atoms with Crippen LogP contribution in [0.15, 0.2) is 22.7 Å². The third-order valence-corrected chi connectivity index (χ3v) is 3.97. The first-order valence-corrected chi connectivity index (χ1v) is 6.51. The van der Waals surface area contributed by atoms with E-state index in [2.05, 4.69) is 25.1 Å². The molecule has 0 saturated heterocycles. The standard InChI is InChI=1S/C16H17NO2/c1-9-15(10(2)19-17-9)11-5-6-12-13(7-11)16(3,4)8-14(12)18/h5-7H,8H2,1-4H3. The fourth-order valence-electron chi connectivity index (χ4n) is 2.99. The van der Waals surface area contributed by atoms with Gasteiger partial charge in [0.2, 0.25) is 0 Å². The maximum Gasteiger partial charge on any atom is 0.164 e. The minimum atomic E-state index is -0.0819. The summed E-state index contributed by atoms with van der Waals surface area (Å²) in [5.41, 5.74) is 4.92. The molecular formula is C16H17NO2. The second-order valence-corrected chi connectivity index (χ2v) is 5.94. The number of ketones is 1. The number of hydrogen-bond donors (Lipinski definition) is 0. The summed E-state index contributed by atoms with van der Waals surface area (Å²) in [7, 11) is 0. The molecule has 3 nitrogen and oxygen atoms in total. The zero-order chi connectivity index (χ0) is 13.8. The average molecular weight is 255 g/mol. The number of hydrogen-bond acceptors (Lipinski definition) is 3. The van der Waals surface area contributed by atoms with Crippen LogP contribution in [0.4, 0.5) is 0 Å². The molecule has 0 saturated carbocycles. The van der Waals surface area contributed by atoms with Gasteiger partial charge in [-0.05, 0) is 36.5 Å². The molecule has 0 N–H and O–H groups in total. The molecule has 0 unspecified atom stereocenters. The van der Waals surface area contributed by atoms with E-state index in [-0.39, 0.29) is 11.2 Å². The van der Waals surface area contributed by atoms with Crippen LogP contribution in [0.1, 0.15) is 47.6 Å². The van der Waals surface area contributed by atoms with Crippen molar-refractivity contribution >= 4 is 5.78 Å². The van der Waals surface area contributed by atoms with Crippen molar-refractivity contribution in [1.29, 1.82) is 0 Å². The maximum absolute atomic E-state index is 12.0. The van der Waals surface area contributed by atoms with Crippen molar-refractivity contribution in [2.75, 3.05) is 0 Å². The second kappa shape index (κ2) is 3.80. The third-order valence-electron chi connectivity index (χ3n) is 3.97. The summed E-state index contributed by atoms with van der Waals surface area (Å²) in [4.78, 5) is 12.0. The van der Waals surface area contributed by atoms with Crippen molar-refractivity contribution in [3.8, 4) is 11.1 Å². The Morgan fingerprint density at radius 3 is 2.63 bits per heavy atom. The molecule has 19 heavy (non-hydrogen) atoms. The molecule has 1 aliphatic rings. The molecule has 0 bridgehead atoms. The van der Waals surface area contributed by atoms with Crippen molar-refractivity contribution in [2.24, 2.45) is 0 Å². The van der Waals surface area contributed by atoms with Gasteiger partial charge in [0.1, 0.15) is 5.76 Å². The van der Waals surface area contributed by atoms with Gasteiger partial charge in [0, 0.05) is 17.5 Å². The van der Waals surface area contributed by atoms with Crippen molar-refractivity contribution in [3.05, 3.63) is 40.8 Å². The van der Waals surface area contributed by atoms with E-state index in [1.165, 1.54) is 0 Å². The predicted octanol–water partition coefficient (Wildman–Crippen LogP) is 3.82. The van der Waals surface area contributed by atoms with E-state index in [1.54, 1.807) is 0 Å². The quantitative estimate of drug-likeness (QED) is 0.778. The van der Waals surface area contributed by atoms with Crippen molar-refractivity contribution in [1.82, 2.24) is 5.16 Å². The summed E-state index contributed by atoms with van der Waals surface area (Å²) in [5, 5.41) is 4.00. The predicted molar refractivity (Wildman–Crippen MR) is 73.4 cm³/mol. The molecule has 0 amide bonds. The number of nitrogens with zero attached hydrogens (tertiary/aromatic N) is 1. The van der Waals surface area contributed by atoms with Crippen LogP contribution in [0.5, 0.6) is 0 Å². The highest BCUT2D eigenvalue weighted by atomic mass is 16.5. The molecule has 0 spiro atoms. The molecule has 98 valence electrons. The van der Waals surface area contributed by atoms with Gasteiger partial charge in [-0.1, -0.05) is 31.1 Å². The first-order chi connectivity index (χ1) is 8.90. The normalized spacial score (nSPS) is 16.7. The van der Waals surface area contributed by atoms with Gasteiger partial charge in [-0.25, -0.2) is 0 Å². The summed E-state index contributed by atoms with van der Waals surface area (Å²) in [6.07, 6.45) is 0.591. The van der Waals surface area contributed by atoms with Crippen LogP contribution in [0, 0.1) is 13.8 Å². The lowest BCUT2D eigenvalue weighted by Crippen LogP contribution is -2.12. The Kier molecular flexibility index (Phi) is 2.43. The SMILES string of the molecule is Cc1noc(C)c1-c1ccc2c(c1)C(C)(C)CC2=O. The van der Waals surface area contributed by atoms with Gasteiger partial charge in [0.15, 0.2) is 5.78 Å². The molecule has 3 rings (SSSR count). The van der Waals surface area contributed by atoms with E-state index in [0.717, 1.165) is 33.7 Å². The third kappa shape index (κ3) is 1.72. The van der Waals surface area contributed by atoms with Gasteiger partial charge in [0.25, 0.3) is 0 Å². The van der Waals surface area contributed by atoms with Crippen LogP contribution in [-0.4, -0.2) is 10.9 Å². The maximum atomic E-state index is 12.0. The number of rotatable bonds is 1. The van der Waals surface area contributed by atoms with Gasteiger partial charge in [-0.15, -0.1) is 0 Å². The fraction of sp³-hybridized carbons (Fsp3) is 0.375. The molecule has 2 aromatic rings. The van der Waals surface area contributed by atoms with Crippen LogP contribution in [0.25, 0.3) is 11.1 Å². The number of carbonyl (C=O) groups excluding carboxylic acids is 1. The smallest absolute Gasteiger partial charge is 0.164 e. The summed E-state index contributed by atoms with van der Waals surface area (Å²) >= 11 is 0. The van der Waals surface area contributed by atoms with E-state index in [4.69, 9.17) is 4.52 Å². The number of carbonyl (C=O) groups is 1. The summed E-state index contributed by atoms with van der Waals surface area (Å²) in [6, 6.07) is 6.05. The number of aryl methyl sites for hydroxylation is 2. The highest BCUT2D eigenvalue weighted by molar-refractivity contribution is 6.02. The zero-order valence-electron chi connectivity index (χ0n) is 11.7. The molecule has 1 aliphatic carbocycles. The molecular weight excluding hydrogens is 238 g/mol. The highest BCUT2D eigenvalue weighted by Gasteiger charge is 2.36. The molecule has 1 heterocycles. The lowest BCUT2D eigenvalue weighted by Gasteiger charge is -2.18. The fourth-order valence-corrected chi connectivity index (χ4v) is 2.99. The van der Waals surface area contributed by atoms with Crippen LogP contribution >= 0.6 is 0 Å². The van der Waals surface area contributed by atoms with Gasteiger partial charge in [-0.2, -0.15) is 0 Å². The Hall–Kier alpha value is -1.90. The molecule has 1 aromatic carbocycles.